The number of hydrogen-bond acceptors (Lipinski definition) is 1. The monoisotopic (exact) mass is 393 g/mol. The Hall–Kier alpha value is -1.75. The van der Waals surface area contributed by atoms with Gasteiger partial charge in [-0.1, -0.05) is 40.2 Å². The van der Waals surface area contributed by atoms with Gasteiger partial charge in [0.05, 0.1) is 11.6 Å². The molecule has 0 bridgehead atoms. The molecule has 2 aromatic rings. The molecule has 0 amide bonds. The lowest BCUT2D eigenvalue weighted by Crippen LogP contribution is -2.29. The minimum absolute atomic E-state index is 0.0209. The molecule has 0 aromatic heterocycles. The van der Waals surface area contributed by atoms with Crippen molar-refractivity contribution in [3.8, 4) is 0 Å². The van der Waals surface area contributed by atoms with Crippen LogP contribution in [0.1, 0.15) is 35.1 Å². The van der Waals surface area contributed by atoms with E-state index in [1.807, 2.05) is 12.1 Å². The molecule has 0 saturated carbocycles. The Morgan fingerprint density at radius 3 is 2.67 bits per heavy atom. The number of hydrogen-bond donors (Lipinski definition) is 1. The van der Waals surface area contributed by atoms with Gasteiger partial charge < -0.3 is 5.32 Å². The number of nitrogens with one attached hydrogen (secondary N) is 1. The van der Waals surface area contributed by atoms with Crippen molar-refractivity contribution in [1.29, 1.82) is 0 Å². The molecule has 2 aromatic carbocycles. The third kappa shape index (κ3) is 2.65. The highest BCUT2D eigenvalue weighted by Gasteiger charge is 2.39. The van der Waals surface area contributed by atoms with Gasteiger partial charge in [0.2, 0.25) is 0 Å². The maximum atomic E-state index is 13.0. The van der Waals surface area contributed by atoms with Gasteiger partial charge in [0, 0.05) is 16.1 Å². The van der Waals surface area contributed by atoms with E-state index in [0.29, 0.717) is 0 Å². The Bertz CT molecular complexity index is 812. The molecule has 0 saturated heterocycles. The van der Waals surface area contributed by atoms with Gasteiger partial charge in [0.15, 0.2) is 0 Å². The van der Waals surface area contributed by atoms with Crippen LogP contribution >= 0.6 is 15.9 Å². The van der Waals surface area contributed by atoms with Crippen molar-refractivity contribution >= 4 is 21.6 Å². The summed E-state index contributed by atoms with van der Waals surface area (Å²) in [6.45, 7) is 0. The second kappa shape index (κ2) is 5.66. The Morgan fingerprint density at radius 1 is 1.08 bits per heavy atom. The van der Waals surface area contributed by atoms with Gasteiger partial charge in [-0.15, -0.1) is 0 Å². The lowest BCUT2D eigenvalue weighted by atomic mass is 9.76. The lowest BCUT2D eigenvalue weighted by Gasteiger charge is -2.38. The predicted molar refractivity (Wildman–Crippen MR) is 91.9 cm³/mol. The Labute approximate surface area is 146 Å². The minimum Gasteiger partial charge on any atom is -0.378 e. The first-order chi connectivity index (χ1) is 11.4. The number of fused-ring (bicyclic) bond motifs is 3. The lowest BCUT2D eigenvalue weighted by molar-refractivity contribution is -0.137. The summed E-state index contributed by atoms with van der Waals surface area (Å²) in [5.74, 6) is 0.253. The highest BCUT2D eigenvalue weighted by molar-refractivity contribution is 9.10. The summed E-state index contributed by atoms with van der Waals surface area (Å²) in [5.41, 5.74) is 2.10. The molecule has 0 radical (unpaired) electrons. The van der Waals surface area contributed by atoms with Gasteiger partial charge in [-0.25, -0.2) is 0 Å². The van der Waals surface area contributed by atoms with Crippen LogP contribution in [0.5, 0.6) is 0 Å². The summed E-state index contributed by atoms with van der Waals surface area (Å²) in [6, 6.07) is 12.2. The molecule has 1 N–H and O–H groups in total. The fourth-order valence-electron chi connectivity index (χ4n) is 3.80. The predicted octanol–water partition coefficient (Wildman–Crippen LogP) is 6.29. The fraction of sp³-hybridized carbons (Fsp3) is 0.263. The third-order valence-corrected chi connectivity index (χ3v) is 5.39. The number of halogens is 4. The second-order valence-corrected chi connectivity index (χ2v) is 7.25. The van der Waals surface area contributed by atoms with E-state index in [4.69, 9.17) is 0 Å². The molecule has 1 heterocycles. The Balaban J connectivity index is 1.78. The number of allylic oxidation sites excluding steroid dienone is 2. The van der Waals surface area contributed by atoms with E-state index >= 15 is 0 Å². The van der Waals surface area contributed by atoms with Crippen LogP contribution in [0, 0.1) is 5.92 Å². The van der Waals surface area contributed by atoms with Gasteiger partial charge >= 0.3 is 6.18 Å². The highest BCUT2D eigenvalue weighted by Crippen LogP contribution is 2.50. The summed E-state index contributed by atoms with van der Waals surface area (Å²) in [5, 5.41) is 3.46. The number of anilines is 1. The summed E-state index contributed by atoms with van der Waals surface area (Å²) in [6.07, 6.45) is 0.686. The summed E-state index contributed by atoms with van der Waals surface area (Å²) in [7, 11) is 0. The quantitative estimate of drug-likeness (QED) is 0.561. The molecule has 24 heavy (non-hydrogen) atoms. The van der Waals surface area contributed by atoms with E-state index in [2.05, 4.69) is 45.5 Å². The van der Waals surface area contributed by atoms with E-state index in [-0.39, 0.29) is 17.9 Å². The van der Waals surface area contributed by atoms with E-state index in [0.717, 1.165) is 33.8 Å². The fourth-order valence-corrected chi connectivity index (χ4v) is 4.22. The third-order valence-electron chi connectivity index (χ3n) is 4.90. The molecule has 0 unspecified atom stereocenters. The van der Waals surface area contributed by atoms with Crippen molar-refractivity contribution in [2.45, 2.75) is 24.6 Å². The molecule has 124 valence electrons. The summed E-state index contributed by atoms with van der Waals surface area (Å²) in [4.78, 5) is 0. The minimum atomic E-state index is -4.31. The molecule has 0 spiro atoms. The van der Waals surface area contributed by atoms with Crippen molar-refractivity contribution in [3.05, 3.63) is 75.8 Å². The zero-order chi connectivity index (χ0) is 16.9. The molecule has 1 nitrogen and oxygen atoms in total. The van der Waals surface area contributed by atoms with Crippen LogP contribution in [0.3, 0.4) is 0 Å². The van der Waals surface area contributed by atoms with Crippen LogP contribution in [-0.4, -0.2) is 0 Å². The average Bonchev–Trinajstić information content (AvgIpc) is 3.02. The van der Waals surface area contributed by atoms with Gasteiger partial charge in [0.1, 0.15) is 0 Å². The average molecular weight is 394 g/mol. The van der Waals surface area contributed by atoms with Crippen molar-refractivity contribution < 1.29 is 13.2 Å². The zero-order valence-electron chi connectivity index (χ0n) is 12.6. The molecule has 3 atom stereocenters. The topological polar surface area (TPSA) is 12.0 Å². The van der Waals surface area contributed by atoms with Crippen LogP contribution < -0.4 is 5.32 Å². The Morgan fingerprint density at radius 2 is 1.92 bits per heavy atom. The first-order valence-electron chi connectivity index (χ1n) is 7.83. The first kappa shape index (κ1) is 15.8. The first-order valence-corrected chi connectivity index (χ1v) is 8.62. The molecular formula is C19H15BrF3N. The normalized spacial score (nSPS) is 25.1. The SMILES string of the molecule is FC(F)(F)c1ccc2c(c1)[C@@H]1C=CC[C@@H]1[C@@H](c1cccc(Br)c1)N2. The van der Waals surface area contributed by atoms with Crippen molar-refractivity contribution in [1.82, 2.24) is 0 Å². The van der Waals surface area contributed by atoms with Crippen LogP contribution in [0.15, 0.2) is 59.1 Å². The van der Waals surface area contributed by atoms with Gasteiger partial charge in [-0.05, 0) is 53.8 Å². The van der Waals surface area contributed by atoms with Gasteiger partial charge in [0.25, 0.3) is 0 Å². The van der Waals surface area contributed by atoms with Crippen LogP contribution in [0.2, 0.25) is 0 Å². The van der Waals surface area contributed by atoms with E-state index in [9.17, 15) is 13.2 Å². The highest BCUT2D eigenvalue weighted by atomic mass is 79.9. The molecule has 5 heteroatoms. The number of rotatable bonds is 1. The molecule has 1 aliphatic carbocycles. The largest absolute Gasteiger partial charge is 0.416 e. The summed E-state index contributed by atoms with van der Waals surface area (Å²) < 4.78 is 40.1. The van der Waals surface area contributed by atoms with Crippen molar-refractivity contribution in [3.63, 3.8) is 0 Å². The maximum Gasteiger partial charge on any atom is 0.416 e. The van der Waals surface area contributed by atoms with Crippen LogP contribution in [0.4, 0.5) is 18.9 Å². The molecule has 2 aliphatic rings. The summed E-state index contributed by atoms with van der Waals surface area (Å²) >= 11 is 3.50. The van der Waals surface area contributed by atoms with Crippen LogP contribution in [-0.2, 0) is 6.18 Å². The van der Waals surface area contributed by atoms with E-state index in [1.54, 1.807) is 6.07 Å². The molecule has 0 fully saturated rings. The van der Waals surface area contributed by atoms with Gasteiger partial charge in [-0.3, -0.25) is 0 Å². The van der Waals surface area contributed by atoms with Crippen molar-refractivity contribution in [2.24, 2.45) is 5.92 Å². The smallest absolute Gasteiger partial charge is 0.378 e. The van der Waals surface area contributed by atoms with Crippen LogP contribution in [0.25, 0.3) is 0 Å². The number of benzene rings is 2. The van der Waals surface area contributed by atoms with Crippen molar-refractivity contribution in [2.75, 3.05) is 5.32 Å². The molecular weight excluding hydrogens is 379 g/mol. The molecule has 4 rings (SSSR count). The second-order valence-electron chi connectivity index (χ2n) is 6.33. The number of alkyl halides is 3. The van der Waals surface area contributed by atoms with E-state index < -0.39 is 11.7 Å². The van der Waals surface area contributed by atoms with Gasteiger partial charge in [-0.2, -0.15) is 13.2 Å². The zero-order valence-corrected chi connectivity index (χ0v) is 14.2. The van der Waals surface area contributed by atoms with E-state index in [1.165, 1.54) is 6.07 Å². The molecule has 1 aliphatic heterocycles. The Kier molecular flexibility index (Phi) is 3.71. The standard InChI is InChI=1S/C19H15BrF3N/c20-13-4-1-3-11(9-13)18-15-6-2-5-14(15)16-10-12(19(21,22)23)7-8-17(16)24-18/h1-5,7-10,14-15,18,24H,6H2/t14-,15+,18-/m1/s1. The maximum absolute atomic E-state index is 13.0.